The van der Waals surface area contributed by atoms with Crippen LogP contribution in [0.1, 0.15) is 18.2 Å². The Morgan fingerprint density at radius 3 is 2.95 bits per heavy atom. The Morgan fingerprint density at radius 2 is 2.29 bits per heavy atom. The van der Waals surface area contributed by atoms with E-state index in [2.05, 4.69) is 10.1 Å². The lowest BCUT2D eigenvalue weighted by Gasteiger charge is -2.17. The number of thiophene rings is 1. The molecule has 112 valence electrons. The van der Waals surface area contributed by atoms with Crippen molar-refractivity contribution < 1.29 is 22.5 Å². The van der Waals surface area contributed by atoms with E-state index in [9.17, 15) is 18.0 Å². The third-order valence-electron chi connectivity index (χ3n) is 3.15. The quantitative estimate of drug-likeness (QED) is 0.873. The van der Waals surface area contributed by atoms with Crippen molar-refractivity contribution in [3.8, 4) is 11.4 Å². The Hall–Kier alpha value is -1.90. The molecule has 0 unspecified atom stereocenters. The lowest BCUT2D eigenvalue weighted by Crippen LogP contribution is -2.35. The number of alkyl halides is 3. The first-order valence-electron chi connectivity index (χ1n) is 6.13. The molecule has 1 aliphatic rings. The van der Waals surface area contributed by atoms with Crippen LogP contribution in [0.4, 0.5) is 13.2 Å². The van der Waals surface area contributed by atoms with Crippen LogP contribution in [0.3, 0.4) is 0 Å². The van der Waals surface area contributed by atoms with Crippen LogP contribution in [0, 0.1) is 0 Å². The van der Waals surface area contributed by atoms with Crippen LogP contribution in [0.25, 0.3) is 11.4 Å². The molecule has 3 rings (SSSR count). The largest absolute Gasteiger partial charge is 0.406 e. The van der Waals surface area contributed by atoms with Crippen LogP contribution < -0.4 is 0 Å². The fourth-order valence-corrected chi connectivity index (χ4v) is 2.85. The van der Waals surface area contributed by atoms with Gasteiger partial charge in [0.2, 0.25) is 17.6 Å². The third kappa shape index (κ3) is 3.07. The molecule has 0 aliphatic carbocycles. The first kappa shape index (κ1) is 14.1. The molecule has 0 spiro atoms. The van der Waals surface area contributed by atoms with Gasteiger partial charge >= 0.3 is 6.18 Å². The van der Waals surface area contributed by atoms with E-state index in [0.717, 1.165) is 10.5 Å². The highest BCUT2D eigenvalue weighted by Crippen LogP contribution is 2.31. The van der Waals surface area contributed by atoms with Gasteiger partial charge in [0.15, 0.2) is 0 Å². The summed E-state index contributed by atoms with van der Waals surface area (Å²) >= 11 is 1.47. The standard InChI is InChI=1S/C12H10F3N3O2S/c13-12(14,15)6-18-4-8(3-9(18)19)11-16-10(17-20-11)7-1-2-21-5-7/h1-2,5,8H,3-4,6H2/t8-/m1/s1. The number of likely N-dealkylation sites (tertiary alicyclic amines) is 1. The van der Waals surface area contributed by atoms with Gasteiger partial charge in [0.05, 0.1) is 5.92 Å². The van der Waals surface area contributed by atoms with Crippen molar-refractivity contribution in [3.05, 3.63) is 22.7 Å². The molecule has 1 fully saturated rings. The molecule has 0 radical (unpaired) electrons. The summed E-state index contributed by atoms with van der Waals surface area (Å²) in [7, 11) is 0. The van der Waals surface area contributed by atoms with E-state index in [0.29, 0.717) is 5.82 Å². The third-order valence-corrected chi connectivity index (χ3v) is 3.84. The lowest BCUT2D eigenvalue weighted by atomic mass is 10.1. The number of rotatable bonds is 3. The van der Waals surface area contributed by atoms with Crippen molar-refractivity contribution >= 4 is 17.2 Å². The minimum Gasteiger partial charge on any atom is -0.339 e. The van der Waals surface area contributed by atoms with Crippen molar-refractivity contribution in [2.75, 3.05) is 13.1 Å². The molecule has 5 nitrogen and oxygen atoms in total. The zero-order valence-corrected chi connectivity index (χ0v) is 11.4. The molecule has 0 saturated carbocycles. The van der Waals surface area contributed by atoms with Gasteiger partial charge in [0.1, 0.15) is 6.54 Å². The molecule has 3 heterocycles. The fraction of sp³-hybridized carbons (Fsp3) is 0.417. The number of hydrogen-bond donors (Lipinski definition) is 0. The smallest absolute Gasteiger partial charge is 0.339 e. The van der Waals surface area contributed by atoms with Crippen molar-refractivity contribution in [1.29, 1.82) is 0 Å². The molecule has 1 atom stereocenters. The molecule has 2 aromatic heterocycles. The number of halogens is 3. The second-order valence-electron chi connectivity index (χ2n) is 4.76. The molecule has 0 bridgehead atoms. The number of aromatic nitrogens is 2. The molecule has 21 heavy (non-hydrogen) atoms. The normalized spacial score (nSPS) is 19.5. The van der Waals surface area contributed by atoms with Crippen LogP contribution >= 0.6 is 11.3 Å². The van der Waals surface area contributed by atoms with Crippen molar-refractivity contribution in [3.63, 3.8) is 0 Å². The summed E-state index contributed by atoms with van der Waals surface area (Å²) in [5.74, 6) is -0.450. The van der Waals surface area contributed by atoms with E-state index < -0.39 is 24.5 Å². The van der Waals surface area contributed by atoms with E-state index in [1.165, 1.54) is 11.3 Å². The van der Waals surface area contributed by atoms with Gasteiger partial charge in [-0.1, -0.05) is 5.16 Å². The Kier molecular flexibility index (Phi) is 3.44. The van der Waals surface area contributed by atoms with Gasteiger partial charge in [-0.3, -0.25) is 4.79 Å². The van der Waals surface area contributed by atoms with Gasteiger partial charge in [-0.05, 0) is 11.4 Å². The van der Waals surface area contributed by atoms with Crippen molar-refractivity contribution in [2.45, 2.75) is 18.5 Å². The van der Waals surface area contributed by atoms with Crippen LogP contribution in [0.15, 0.2) is 21.3 Å². The molecule has 0 aromatic carbocycles. The van der Waals surface area contributed by atoms with E-state index >= 15 is 0 Å². The summed E-state index contributed by atoms with van der Waals surface area (Å²) in [5, 5.41) is 7.49. The predicted molar refractivity (Wildman–Crippen MR) is 67.6 cm³/mol. The van der Waals surface area contributed by atoms with Crippen LogP contribution in [-0.4, -0.2) is 40.2 Å². The Bertz CT molecular complexity index is 638. The predicted octanol–water partition coefficient (Wildman–Crippen LogP) is 2.68. The zero-order chi connectivity index (χ0) is 15.0. The maximum Gasteiger partial charge on any atom is 0.406 e. The number of carbonyl (C=O) groups is 1. The molecule has 2 aromatic rings. The fourth-order valence-electron chi connectivity index (χ4n) is 2.22. The van der Waals surface area contributed by atoms with Crippen LogP contribution in [0.2, 0.25) is 0 Å². The zero-order valence-electron chi connectivity index (χ0n) is 10.6. The Labute approximate surface area is 121 Å². The molecule has 1 aliphatic heterocycles. The van der Waals surface area contributed by atoms with Gasteiger partial charge in [0, 0.05) is 23.9 Å². The van der Waals surface area contributed by atoms with Crippen molar-refractivity contribution in [1.82, 2.24) is 15.0 Å². The lowest BCUT2D eigenvalue weighted by molar-refractivity contribution is -0.157. The van der Waals surface area contributed by atoms with E-state index in [-0.39, 0.29) is 18.9 Å². The molecule has 1 amide bonds. The molecule has 1 saturated heterocycles. The van der Waals surface area contributed by atoms with Gasteiger partial charge in [-0.15, -0.1) is 0 Å². The minimum atomic E-state index is -4.40. The van der Waals surface area contributed by atoms with Gasteiger partial charge in [0.25, 0.3) is 0 Å². The number of amides is 1. The second kappa shape index (κ2) is 5.14. The summed E-state index contributed by atoms with van der Waals surface area (Å²) in [6.07, 6.45) is -4.44. The molecular weight excluding hydrogens is 307 g/mol. The van der Waals surface area contributed by atoms with Gasteiger partial charge < -0.3 is 9.42 Å². The first-order chi connectivity index (χ1) is 9.92. The molecule has 9 heteroatoms. The van der Waals surface area contributed by atoms with Gasteiger partial charge in [-0.2, -0.15) is 29.5 Å². The van der Waals surface area contributed by atoms with Crippen molar-refractivity contribution in [2.24, 2.45) is 0 Å². The number of carbonyl (C=O) groups excluding carboxylic acids is 1. The molecule has 0 N–H and O–H groups in total. The Morgan fingerprint density at radius 1 is 1.48 bits per heavy atom. The SMILES string of the molecule is O=C1C[C@@H](c2nc(-c3ccsc3)no2)CN1CC(F)(F)F. The van der Waals surface area contributed by atoms with Gasteiger partial charge in [-0.25, -0.2) is 0 Å². The highest BCUT2D eigenvalue weighted by Gasteiger charge is 2.40. The second-order valence-corrected chi connectivity index (χ2v) is 5.54. The number of hydrogen-bond acceptors (Lipinski definition) is 5. The Balaban J connectivity index is 1.73. The first-order valence-corrected chi connectivity index (χ1v) is 7.07. The monoisotopic (exact) mass is 317 g/mol. The minimum absolute atomic E-state index is 0.0403. The average Bonchev–Trinajstić information content (AvgIpc) is 3.08. The summed E-state index contributed by atoms with van der Waals surface area (Å²) in [6, 6.07) is 1.81. The highest BCUT2D eigenvalue weighted by molar-refractivity contribution is 7.08. The number of nitrogens with zero attached hydrogens (tertiary/aromatic N) is 3. The van der Waals surface area contributed by atoms with E-state index in [1.54, 1.807) is 0 Å². The summed E-state index contributed by atoms with van der Waals surface area (Å²) in [5.41, 5.74) is 0.784. The summed E-state index contributed by atoms with van der Waals surface area (Å²) in [6.45, 7) is -1.29. The average molecular weight is 317 g/mol. The summed E-state index contributed by atoms with van der Waals surface area (Å²) < 4.78 is 42.2. The van der Waals surface area contributed by atoms with Crippen LogP contribution in [-0.2, 0) is 4.79 Å². The molecular formula is C12H10F3N3O2S. The summed E-state index contributed by atoms with van der Waals surface area (Å²) in [4.78, 5) is 16.6. The van der Waals surface area contributed by atoms with E-state index in [4.69, 9.17) is 4.52 Å². The highest BCUT2D eigenvalue weighted by atomic mass is 32.1. The topological polar surface area (TPSA) is 59.2 Å². The van der Waals surface area contributed by atoms with E-state index in [1.807, 2.05) is 16.8 Å². The maximum atomic E-state index is 12.4. The van der Waals surface area contributed by atoms with Crippen LogP contribution in [0.5, 0.6) is 0 Å². The maximum absolute atomic E-state index is 12.4.